The van der Waals surface area contributed by atoms with Crippen molar-refractivity contribution in [2.75, 3.05) is 38.2 Å². The van der Waals surface area contributed by atoms with Crippen LogP contribution in [-0.4, -0.2) is 58.2 Å². The number of hydrogen-bond acceptors (Lipinski definition) is 3. The molecule has 4 heteroatoms. The topological polar surface area (TPSA) is 23.6 Å². The molecule has 1 aromatic rings. The molecule has 2 aliphatic heterocycles. The second-order valence-corrected chi connectivity index (χ2v) is 7.90. The molecular weight excluding hydrogens is 280 g/mol. The summed E-state index contributed by atoms with van der Waals surface area (Å²) in [5.41, 5.74) is 1.43. The van der Waals surface area contributed by atoms with Crippen LogP contribution in [0.15, 0.2) is 30.3 Å². The van der Waals surface area contributed by atoms with Gasteiger partial charge in [0, 0.05) is 48.0 Å². The van der Waals surface area contributed by atoms with Gasteiger partial charge in [0.05, 0.1) is 0 Å². The Hall–Kier alpha value is -0.710. The highest BCUT2D eigenvalue weighted by Gasteiger charge is 2.36. The SMILES string of the molecule is CS(=O)CCCN1CC2CCCN2CC1c1ccccc1. The number of benzene rings is 1. The molecule has 116 valence electrons. The smallest absolute Gasteiger partial charge is 0.0475 e. The zero-order valence-corrected chi connectivity index (χ0v) is 13.7. The molecule has 0 bridgehead atoms. The molecule has 0 spiro atoms. The first-order chi connectivity index (χ1) is 10.2. The minimum Gasteiger partial charge on any atom is -0.297 e. The summed E-state index contributed by atoms with van der Waals surface area (Å²) in [5, 5.41) is 0. The molecule has 0 N–H and O–H groups in total. The van der Waals surface area contributed by atoms with Crippen molar-refractivity contribution in [2.45, 2.75) is 31.3 Å². The molecule has 2 fully saturated rings. The maximum atomic E-state index is 11.3. The van der Waals surface area contributed by atoms with Gasteiger partial charge in [0.1, 0.15) is 0 Å². The van der Waals surface area contributed by atoms with E-state index in [1.165, 1.54) is 31.5 Å². The van der Waals surface area contributed by atoms with Gasteiger partial charge in [-0.1, -0.05) is 30.3 Å². The molecule has 1 aromatic carbocycles. The summed E-state index contributed by atoms with van der Waals surface area (Å²) in [7, 11) is -0.668. The van der Waals surface area contributed by atoms with Crippen molar-refractivity contribution in [3.05, 3.63) is 35.9 Å². The molecule has 2 saturated heterocycles. The van der Waals surface area contributed by atoms with E-state index in [1.807, 2.05) is 6.26 Å². The largest absolute Gasteiger partial charge is 0.297 e. The van der Waals surface area contributed by atoms with Crippen molar-refractivity contribution in [3.63, 3.8) is 0 Å². The molecule has 3 atom stereocenters. The second kappa shape index (κ2) is 7.03. The van der Waals surface area contributed by atoms with Gasteiger partial charge in [-0.3, -0.25) is 14.0 Å². The monoisotopic (exact) mass is 306 g/mol. The molecule has 2 aliphatic rings. The normalized spacial score (nSPS) is 28.4. The van der Waals surface area contributed by atoms with E-state index < -0.39 is 10.8 Å². The van der Waals surface area contributed by atoms with Gasteiger partial charge in [0.15, 0.2) is 0 Å². The van der Waals surface area contributed by atoms with Crippen LogP contribution in [0.25, 0.3) is 0 Å². The summed E-state index contributed by atoms with van der Waals surface area (Å²) in [5.74, 6) is 0.826. The van der Waals surface area contributed by atoms with E-state index in [9.17, 15) is 4.21 Å². The maximum Gasteiger partial charge on any atom is 0.0475 e. The molecule has 3 rings (SSSR count). The summed E-state index contributed by atoms with van der Waals surface area (Å²) in [4.78, 5) is 5.31. The molecule has 0 saturated carbocycles. The van der Waals surface area contributed by atoms with Gasteiger partial charge in [-0.05, 0) is 37.9 Å². The predicted molar refractivity (Wildman–Crippen MR) is 88.9 cm³/mol. The van der Waals surface area contributed by atoms with Gasteiger partial charge in [-0.15, -0.1) is 0 Å². The fraction of sp³-hybridized carbons (Fsp3) is 0.647. The van der Waals surface area contributed by atoms with Crippen molar-refractivity contribution in [1.29, 1.82) is 0 Å². The molecule has 0 radical (unpaired) electrons. The number of nitrogens with zero attached hydrogens (tertiary/aromatic N) is 2. The molecule has 0 amide bonds. The highest BCUT2D eigenvalue weighted by atomic mass is 32.2. The van der Waals surface area contributed by atoms with Gasteiger partial charge in [-0.25, -0.2) is 0 Å². The zero-order chi connectivity index (χ0) is 14.7. The Morgan fingerprint density at radius 1 is 1.24 bits per heavy atom. The van der Waals surface area contributed by atoms with Crippen LogP contribution in [0.5, 0.6) is 0 Å². The van der Waals surface area contributed by atoms with Crippen molar-refractivity contribution in [2.24, 2.45) is 0 Å². The highest BCUT2D eigenvalue weighted by molar-refractivity contribution is 7.84. The first-order valence-electron chi connectivity index (χ1n) is 8.07. The molecule has 2 heterocycles. The first-order valence-corrected chi connectivity index (χ1v) is 9.80. The van der Waals surface area contributed by atoms with E-state index >= 15 is 0 Å². The zero-order valence-electron chi connectivity index (χ0n) is 12.9. The average Bonchev–Trinajstić information content (AvgIpc) is 2.94. The lowest BCUT2D eigenvalue weighted by atomic mass is 9.99. The van der Waals surface area contributed by atoms with E-state index in [0.29, 0.717) is 6.04 Å². The minimum atomic E-state index is -0.668. The highest BCUT2D eigenvalue weighted by Crippen LogP contribution is 2.32. The Labute approximate surface area is 130 Å². The lowest BCUT2D eigenvalue weighted by Crippen LogP contribution is -2.52. The first kappa shape index (κ1) is 15.2. The summed E-state index contributed by atoms with van der Waals surface area (Å²) in [6.45, 7) is 4.67. The molecule has 0 aliphatic carbocycles. The fourth-order valence-electron chi connectivity index (χ4n) is 3.79. The van der Waals surface area contributed by atoms with Gasteiger partial charge in [0.2, 0.25) is 0 Å². The van der Waals surface area contributed by atoms with Crippen LogP contribution >= 0.6 is 0 Å². The average molecular weight is 306 g/mol. The lowest BCUT2D eigenvalue weighted by molar-refractivity contribution is 0.0508. The molecular formula is C17H26N2OS. The van der Waals surface area contributed by atoms with E-state index in [1.54, 1.807) is 0 Å². The van der Waals surface area contributed by atoms with Gasteiger partial charge in [0.25, 0.3) is 0 Å². The summed E-state index contributed by atoms with van der Waals surface area (Å²) >= 11 is 0. The van der Waals surface area contributed by atoms with Crippen LogP contribution in [0.3, 0.4) is 0 Å². The van der Waals surface area contributed by atoms with E-state index in [2.05, 4.69) is 40.1 Å². The van der Waals surface area contributed by atoms with Gasteiger partial charge < -0.3 is 0 Å². The van der Waals surface area contributed by atoms with Crippen LogP contribution in [0.4, 0.5) is 0 Å². The number of rotatable bonds is 5. The maximum absolute atomic E-state index is 11.3. The Balaban J connectivity index is 1.71. The van der Waals surface area contributed by atoms with Crippen LogP contribution < -0.4 is 0 Å². The van der Waals surface area contributed by atoms with Crippen LogP contribution in [0.2, 0.25) is 0 Å². The molecule has 3 nitrogen and oxygen atoms in total. The lowest BCUT2D eigenvalue weighted by Gasteiger charge is -2.44. The van der Waals surface area contributed by atoms with E-state index in [0.717, 1.165) is 31.3 Å². The summed E-state index contributed by atoms with van der Waals surface area (Å²) in [6, 6.07) is 12.1. The number of hydrogen-bond donors (Lipinski definition) is 0. The van der Waals surface area contributed by atoms with Crippen molar-refractivity contribution in [1.82, 2.24) is 9.80 Å². The van der Waals surface area contributed by atoms with Gasteiger partial charge in [-0.2, -0.15) is 0 Å². The third-order valence-electron chi connectivity index (χ3n) is 4.85. The third-order valence-corrected chi connectivity index (χ3v) is 5.72. The Bertz CT molecular complexity index is 479. The minimum absolute atomic E-state index is 0.505. The third kappa shape index (κ3) is 3.74. The molecule has 21 heavy (non-hydrogen) atoms. The number of fused-ring (bicyclic) bond motifs is 1. The van der Waals surface area contributed by atoms with Crippen molar-refractivity contribution < 1.29 is 4.21 Å². The second-order valence-electron chi connectivity index (χ2n) is 6.34. The Kier molecular flexibility index (Phi) is 5.09. The predicted octanol–water partition coefficient (Wildman–Crippen LogP) is 2.28. The quantitative estimate of drug-likeness (QED) is 0.834. The summed E-state index contributed by atoms with van der Waals surface area (Å²) in [6.07, 6.45) is 5.54. The van der Waals surface area contributed by atoms with Crippen LogP contribution in [0, 0.1) is 0 Å². The van der Waals surface area contributed by atoms with E-state index in [4.69, 9.17) is 0 Å². The van der Waals surface area contributed by atoms with Crippen molar-refractivity contribution >= 4 is 10.8 Å². The number of piperazine rings is 1. The van der Waals surface area contributed by atoms with Crippen LogP contribution in [0.1, 0.15) is 30.9 Å². The Morgan fingerprint density at radius 3 is 2.81 bits per heavy atom. The van der Waals surface area contributed by atoms with Crippen LogP contribution in [-0.2, 0) is 10.8 Å². The summed E-state index contributed by atoms with van der Waals surface area (Å²) < 4.78 is 11.3. The Morgan fingerprint density at radius 2 is 2.05 bits per heavy atom. The van der Waals surface area contributed by atoms with Gasteiger partial charge >= 0.3 is 0 Å². The van der Waals surface area contributed by atoms with Crippen molar-refractivity contribution in [3.8, 4) is 0 Å². The molecule has 0 aromatic heterocycles. The fourth-order valence-corrected chi connectivity index (χ4v) is 4.32. The molecule has 3 unspecified atom stereocenters. The van der Waals surface area contributed by atoms with E-state index in [-0.39, 0.29) is 0 Å². The standard InChI is InChI=1S/C17H26N2OS/c1-21(20)12-6-11-19-13-16-9-5-10-18(16)14-17(19)15-7-3-2-4-8-15/h2-4,7-8,16-17H,5-6,9-14H2,1H3.